The summed E-state index contributed by atoms with van der Waals surface area (Å²) in [5, 5.41) is 9.08. The smallest absolute Gasteiger partial charge is 0.416 e. The maximum atomic E-state index is 14.2. The largest absolute Gasteiger partial charge is 0.496 e. The number of imide groups is 1. The Balaban J connectivity index is 0.765. The van der Waals surface area contributed by atoms with Crippen molar-refractivity contribution in [3.05, 3.63) is 87.7 Å². The van der Waals surface area contributed by atoms with Crippen LogP contribution in [0.1, 0.15) is 131 Å². The van der Waals surface area contributed by atoms with Gasteiger partial charge in [-0.2, -0.15) is 13.2 Å². The zero-order valence-electron chi connectivity index (χ0n) is 44.7. The molecule has 3 aromatic carbocycles. The second-order valence-electron chi connectivity index (χ2n) is 22.5. The Morgan fingerprint density at radius 3 is 2.26 bits per heavy atom. The van der Waals surface area contributed by atoms with Crippen molar-refractivity contribution in [3.8, 4) is 5.75 Å². The summed E-state index contributed by atoms with van der Waals surface area (Å²) in [6.07, 6.45) is 5.13. The number of urea groups is 1. The van der Waals surface area contributed by atoms with Crippen molar-refractivity contribution in [2.75, 3.05) is 75.0 Å². The first-order chi connectivity index (χ1) is 36.5. The van der Waals surface area contributed by atoms with Crippen LogP contribution in [0.4, 0.5) is 40.0 Å². The molecule has 0 bridgehead atoms. The van der Waals surface area contributed by atoms with E-state index in [4.69, 9.17) is 21.1 Å². The first kappa shape index (κ1) is 55.3. The van der Waals surface area contributed by atoms with E-state index in [0.717, 1.165) is 81.4 Å². The molecule has 9 rings (SSSR count). The Kier molecular flexibility index (Phi) is 16.1. The van der Waals surface area contributed by atoms with Crippen LogP contribution in [0.3, 0.4) is 0 Å². The van der Waals surface area contributed by atoms with Gasteiger partial charge in [-0.3, -0.25) is 34.8 Å². The monoisotopic (exact) mass is 1080 g/mol. The predicted molar refractivity (Wildman–Crippen MR) is 289 cm³/mol. The zero-order chi connectivity index (χ0) is 55.0. The molecule has 16 nitrogen and oxygen atoms in total. The van der Waals surface area contributed by atoms with Crippen LogP contribution in [0.25, 0.3) is 16.5 Å². The number of ether oxygens (including phenoxy) is 2. The number of piperidine rings is 1. The number of anilines is 3. The van der Waals surface area contributed by atoms with E-state index in [2.05, 4.69) is 36.9 Å². The van der Waals surface area contributed by atoms with Gasteiger partial charge in [0.05, 0.1) is 34.9 Å². The quantitative estimate of drug-likeness (QED) is 0.130. The van der Waals surface area contributed by atoms with Crippen molar-refractivity contribution < 1.29 is 46.6 Å². The minimum absolute atomic E-state index is 0.0597. The number of alkyl halides is 3. The number of halogens is 4. The van der Waals surface area contributed by atoms with Crippen LogP contribution in [-0.4, -0.2) is 120 Å². The molecule has 4 heterocycles. The highest BCUT2D eigenvalue weighted by atomic mass is 35.5. The summed E-state index contributed by atoms with van der Waals surface area (Å²) in [5.41, 5.74) is 2.01. The fraction of sp³-hybridized carbons (Fsp3) is 0.526. The molecular weight excluding hydrogens is 1020 g/mol. The Morgan fingerprint density at radius 2 is 1.61 bits per heavy atom. The summed E-state index contributed by atoms with van der Waals surface area (Å²) < 4.78 is 53.6. The number of likely N-dealkylation sites (tertiary alicyclic amines) is 1. The Labute approximate surface area is 452 Å². The number of aryl methyl sites for hydroxylation is 1. The van der Waals surface area contributed by atoms with Gasteiger partial charge in [-0.25, -0.2) is 19.6 Å². The number of rotatable bonds is 11. The van der Waals surface area contributed by atoms with Gasteiger partial charge in [0.15, 0.2) is 0 Å². The third kappa shape index (κ3) is 12.9. The number of benzene rings is 3. The minimum atomic E-state index is -4.68. The van der Waals surface area contributed by atoms with Crippen molar-refractivity contribution >= 4 is 75.1 Å². The molecule has 3 saturated heterocycles. The number of allylic oxidation sites excluding steroid dienone is 2. The molecule has 2 atom stereocenters. The number of fused-ring (bicyclic) bond motifs is 1. The molecular formula is C57H69ClF3N9O7. The van der Waals surface area contributed by atoms with Crippen molar-refractivity contribution in [1.29, 1.82) is 0 Å². The molecule has 1 unspecified atom stereocenters. The van der Waals surface area contributed by atoms with Crippen LogP contribution in [0.2, 0.25) is 5.02 Å². The van der Waals surface area contributed by atoms with Gasteiger partial charge >= 0.3 is 18.3 Å². The minimum Gasteiger partial charge on any atom is -0.496 e. The SMILES string of the molecule is COc1cc2nc(C)nc(N[C@H](C)c3cc(NC(=O)OC(C)(C)C)cc(C(F)(F)F)c3)c2cc1C1=CCC(C(=O)N2CCN(CC3CCC4(CC3)CCN(C(=O)c3ccc(Cl)c(N5CCC(=O)NC5=O)c3)CC4)CC2)CC1. The lowest BCUT2D eigenvalue weighted by atomic mass is 9.65. The number of hydrogen-bond donors (Lipinski definition) is 3. The molecule has 4 fully saturated rings. The number of piperazine rings is 1. The lowest BCUT2D eigenvalue weighted by Crippen LogP contribution is -2.51. The number of nitrogens with zero attached hydrogens (tertiary/aromatic N) is 6. The van der Waals surface area contributed by atoms with Crippen molar-refractivity contribution in [2.24, 2.45) is 17.3 Å². The molecule has 0 radical (unpaired) electrons. The topological polar surface area (TPSA) is 179 Å². The number of amides is 6. The third-order valence-corrected chi connectivity index (χ3v) is 16.4. The summed E-state index contributed by atoms with van der Waals surface area (Å²) in [7, 11) is 1.60. The summed E-state index contributed by atoms with van der Waals surface area (Å²) in [6.45, 7) is 14.1. The van der Waals surface area contributed by atoms with Crippen molar-refractivity contribution in [3.63, 3.8) is 0 Å². The molecule has 6 amide bonds. The first-order valence-corrected chi connectivity index (χ1v) is 27.2. The lowest BCUT2D eigenvalue weighted by Gasteiger charge is -2.47. The number of hydrogen-bond acceptors (Lipinski definition) is 11. The van der Waals surface area contributed by atoms with E-state index in [1.54, 1.807) is 59.9 Å². The van der Waals surface area contributed by atoms with Crippen molar-refractivity contribution in [1.82, 2.24) is 30.0 Å². The molecule has 5 aliphatic rings. The van der Waals surface area contributed by atoms with Crippen LogP contribution >= 0.6 is 11.6 Å². The Hall–Kier alpha value is -6.47. The van der Waals surface area contributed by atoms with Gasteiger partial charge in [-0.1, -0.05) is 17.7 Å². The normalized spacial score (nSPS) is 20.2. The second-order valence-corrected chi connectivity index (χ2v) is 22.9. The third-order valence-electron chi connectivity index (χ3n) is 16.0. The first-order valence-electron chi connectivity index (χ1n) is 26.8. The molecule has 77 heavy (non-hydrogen) atoms. The second kappa shape index (κ2) is 22.5. The average Bonchev–Trinajstić information content (AvgIpc) is 3.39. The summed E-state index contributed by atoms with van der Waals surface area (Å²) in [4.78, 5) is 81.7. The molecule has 1 spiro atoms. The van der Waals surface area contributed by atoms with Gasteiger partial charge in [0.2, 0.25) is 11.8 Å². The van der Waals surface area contributed by atoms with E-state index in [1.807, 2.05) is 21.9 Å². The highest BCUT2D eigenvalue weighted by Crippen LogP contribution is 2.47. The van der Waals surface area contributed by atoms with Gasteiger partial charge in [0.25, 0.3) is 5.91 Å². The van der Waals surface area contributed by atoms with E-state index >= 15 is 0 Å². The van der Waals surface area contributed by atoms with Crippen LogP contribution < -0.4 is 25.6 Å². The number of carbonyl (C=O) groups is 5. The summed E-state index contributed by atoms with van der Waals surface area (Å²) >= 11 is 6.45. The predicted octanol–water partition coefficient (Wildman–Crippen LogP) is 11.0. The molecule has 1 saturated carbocycles. The van der Waals surface area contributed by atoms with E-state index < -0.39 is 35.5 Å². The average molecular weight is 1080 g/mol. The van der Waals surface area contributed by atoms with Crippen LogP contribution in [0.15, 0.2) is 54.6 Å². The van der Waals surface area contributed by atoms with Gasteiger partial charge in [0.1, 0.15) is 23.0 Å². The fourth-order valence-electron chi connectivity index (χ4n) is 11.7. The maximum Gasteiger partial charge on any atom is 0.416 e. The van der Waals surface area contributed by atoms with E-state index in [9.17, 15) is 37.1 Å². The molecule has 20 heteroatoms. The zero-order valence-corrected chi connectivity index (χ0v) is 45.5. The number of nitrogens with one attached hydrogen (secondary N) is 3. The number of carbonyl (C=O) groups excluding carboxylic acids is 5. The van der Waals surface area contributed by atoms with Gasteiger partial charge in [-0.05, 0) is 157 Å². The lowest BCUT2D eigenvalue weighted by molar-refractivity contribution is -0.138. The maximum absolute atomic E-state index is 14.2. The molecule has 412 valence electrons. The van der Waals surface area contributed by atoms with E-state index in [-0.39, 0.29) is 53.3 Å². The fourth-order valence-corrected chi connectivity index (χ4v) is 11.9. The van der Waals surface area contributed by atoms with Crippen molar-refractivity contribution in [2.45, 2.75) is 117 Å². The molecule has 1 aromatic heterocycles. The Morgan fingerprint density at radius 1 is 0.883 bits per heavy atom. The highest BCUT2D eigenvalue weighted by molar-refractivity contribution is 6.34. The van der Waals surface area contributed by atoms with Crippen LogP contribution in [0, 0.1) is 24.2 Å². The van der Waals surface area contributed by atoms with Crippen LogP contribution in [0.5, 0.6) is 5.75 Å². The summed E-state index contributed by atoms with van der Waals surface area (Å²) in [6, 6.07) is 10.9. The van der Waals surface area contributed by atoms with Gasteiger partial charge in [0, 0.05) is 93.0 Å². The number of aromatic nitrogens is 2. The standard InChI is InChI=1S/C57H69ClF3N9O7/c1-34(40-27-41(57(59,60)61)30-42(28-40)65-54(75)77-55(3,4)5)62-50-44-31-43(48(76-6)32-46(44)63-35(2)64-50)37-7-9-38(10-8-37)51(72)69-25-23-67(24-26-69)33-36-13-16-56(17-14-36)18-21-68(22-19-56)52(73)39-11-12-45(58)47(29-39)70-20-15-49(71)66-53(70)74/h7,11-12,27-32,34,36,38H,8-10,13-26,33H2,1-6H3,(H,65,75)(H,62,63,64)(H,66,71,74)/t34-,38?/m1/s1. The molecule has 2 aliphatic carbocycles. The summed E-state index contributed by atoms with van der Waals surface area (Å²) in [5.74, 6) is 1.70. The molecule has 4 aromatic rings. The van der Waals surface area contributed by atoms with Gasteiger partial charge < -0.3 is 24.6 Å². The Bertz CT molecular complexity index is 2960. The molecule has 3 aliphatic heterocycles. The van der Waals surface area contributed by atoms with E-state index in [1.165, 1.54) is 11.0 Å². The van der Waals surface area contributed by atoms with Crippen LogP contribution in [-0.2, 0) is 20.5 Å². The molecule has 3 N–H and O–H groups in total. The van der Waals surface area contributed by atoms with Gasteiger partial charge in [-0.15, -0.1) is 0 Å². The number of methoxy groups -OCH3 is 1. The highest BCUT2D eigenvalue weighted by Gasteiger charge is 2.40. The van der Waals surface area contributed by atoms with E-state index in [0.29, 0.717) is 95.9 Å².